The molecule has 0 unspecified atom stereocenters. The summed E-state index contributed by atoms with van der Waals surface area (Å²) in [6, 6.07) is 0. The highest BCUT2D eigenvalue weighted by atomic mass is 35.5. The Morgan fingerprint density at radius 2 is 2.19 bits per heavy atom. The number of hydrogen-bond donors (Lipinski definition) is 0. The third-order valence-electron chi connectivity index (χ3n) is 2.82. The first-order valence-electron chi connectivity index (χ1n) is 4.79. The Balaban J connectivity index is 2.18. The Morgan fingerprint density at radius 3 is 2.75 bits per heavy atom. The van der Waals surface area contributed by atoms with Gasteiger partial charge in [-0.3, -0.25) is 9.59 Å². The first kappa shape index (κ1) is 12.8. The van der Waals surface area contributed by atoms with E-state index >= 15 is 0 Å². The molecule has 0 aromatic carbocycles. The van der Waals surface area contributed by atoms with E-state index in [-0.39, 0.29) is 17.6 Å². The molecule has 0 bridgehead atoms. The second-order valence-corrected chi connectivity index (χ2v) is 7.10. The van der Waals surface area contributed by atoms with Crippen LogP contribution in [0.4, 0.5) is 0 Å². The molecule has 0 aromatic rings. The van der Waals surface area contributed by atoms with Gasteiger partial charge in [0, 0.05) is 0 Å². The lowest BCUT2D eigenvalue weighted by Gasteiger charge is -2.41. The van der Waals surface area contributed by atoms with Crippen LogP contribution in [0.25, 0.3) is 0 Å². The predicted octanol–water partition coefficient (Wildman–Crippen LogP) is 2.22. The van der Waals surface area contributed by atoms with E-state index < -0.39 is 26.8 Å². The Morgan fingerprint density at radius 1 is 1.56 bits per heavy atom. The molecule has 2 fully saturated rings. The summed E-state index contributed by atoms with van der Waals surface area (Å²) in [5.74, 6) is -1.90. The second-order valence-electron chi connectivity index (χ2n) is 3.70. The van der Waals surface area contributed by atoms with Crippen LogP contribution in [0.15, 0.2) is 0 Å². The molecule has 1 aliphatic heterocycles. The lowest BCUT2D eigenvalue weighted by atomic mass is 9.74. The van der Waals surface area contributed by atoms with Crippen LogP contribution in [0.1, 0.15) is 6.92 Å². The van der Waals surface area contributed by atoms with Crippen LogP contribution < -0.4 is 0 Å². The van der Waals surface area contributed by atoms with Gasteiger partial charge < -0.3 is 4.74 Å². The maximum Gasteiger partial charge on any atom is 0.312 e. The van der Waals surface area contributed by atoms with E-state index in [9.17, 15) is 9.59 Å². The standard InChI is InChI=1S/C9H9Cl3O3S/c1-2-15-8(14)4-3-5(13)9(11,12)6(3)16-7(4)10/h3-4,6-7H,2H2,1H3/t3-,4+,6-,7+/m0/s1. The number of ether oxygens (including phenoxy) is 1. The van der Waals surface area contributed by atoms with Crippen molar-refractivity contribution in [1.82, 2.24) is 0 Å². The minimum atomic E-state index is -1.40. The van der Waals surface area contributed by atoms with Gasteiger partial charge in [-0.15, -0.1) is 23.4 Å². The number of thioether (sulfide) groups is 1. The van der Waals surface area contributed by atoms with E-state index in [0.29, 0.717) is 0 Å². The van der Waals surface area contributed by atoms with Gasteiger partial charge in [-0.25, -0.2) is 0 Å². The summed E-state index contributed by atoms with van der Waals surface area (Å²) in [5, 5.41) is -0.305. The number of ketones is 1. The molecular formula is C9H9Cl3O3S. The Labute approximate surface area is 112 Å². The van der Waals surface area contributed by atoms with Crippen LogP contribution in [0.5, 0.6) is 0 Å². The zero-order chi connectivity index (χ0) is 12.1. The van der Waals surface area contributed by atoms with Gasteiger partial charge in [-0.05, 0) is 6.92 Å². The highest BCUT2D eigenvalue weighted by molar-refractivity contribution is 8.02. The quantitative estimate of drug-likeness (QED) is 0.579. The number of hydrogen-bond acceptors (Lipinski definition) is 4. The van der Waals surface area contributed by atoms with Gasteiger partial charge >= 0.3 is 5.97 Å². The van der Waals surface area contributed by atoms with Crippen LogP contribution >= 0.6 is 46.6 Å². The van der Waals surface area contributed by atoms with Crippen molar-refractivity contribution in [2.24, 2.45) is 11.8 Å². The number of carbonyl (C=O) groups is 2. The molecule has 1 saturated carbocycles. The predicted molar refractivity (Wildman–Crippen MR) is 64.1 cm³/mol. The smallest absolute Gasteiger partial charge is 0.312 e. The first-order valence-corrected chi connectivity index (χ1v) is 6.93. The van der Waals surface area contributed by atoms with Crippen LogP contribution in [0.3, 0.4) is 0 Å². The molecule has 2 aliphatic rings. The molecule has 90 valence electrons. The summed E-state index contributed by atoms with van der Waals surface area (Å²) >= 11 is 19.0. The molecule has 0 spiro atoms. The molecule has 2 rings (SSSR count). The normalized spacial score (nSPS) is 40.1. The van der Waals surface area contributed by atoms with Crippen LogP contribution in [0.2, 0.25) is 0 Å². The van der Waals surface area contributed by atoms with Crippen molar-refractivity contribution in [3.63, 3.8) is 0 Å². The molecule has 0 N–H and O–H groups in total. The van der Waals surface area contributed by atoms with Gasteiger partial charge in [0.25, 0.3) is 0 Å². The number of fused-ring (bicyclic) bond motifs is 1. The minimum absolute atomic E-state index is 0.266. The van der Waals surface area contributed by atoms with Crippen molar-refractivity contribution < 1.29 is 14.3 Å². The van der Waals surface area contributed by atoms with Crippen molar-refractivity contribution in [2.75, 3.05) is 6.61 Å². The molecule has 1 saturated heterocycles. The average Bonchev–Trinajstić information content (AvgIpc) is 2.54. The molecule has 16 heavy (non-hydrogen) atoms. The van der Waals surface area contributed by atoms with Gasteiger partial charge in [-0.2, -0.15) is 0 Å². The van der Waals surface area contributed by atoms with E-state index in [2.05, 4.69) is 0 Å². The molecule has 0 radical (unpaired) electrons. The molecule has 3 nitrogen and oxygen atoms in total. The van der Waals surface area contributed by atoms with Crippen molar-refractivity contribution >= 4 is 58.3 Å². The number of alkyl halides is 3. The molecule has 0 amide bonds. The van der Waals surface area contributed by atoms with E-state index in [4.69, 9.17) is 39.5 Å². The number of rotatable bonds is 2. The molecule has 1 aliphatic carbocycles. The lowest BCUT2D eigenvalue weighted by molar-refractivity contribution is -0.153. The van der Waals surface area contributed by atoms with E-state index in [1.807, 2.05) is 0 Å². The maximum atomic E-state index is 11.7. The average molecular weight is 304 g/mol. The van der Waals surface area contributed by atoms with Crippen molar-refractivity contribution in [3.8, 4) is 0 Å². The third kappa shape index (κ3) is 1.65. The van der Waals surface area contributed by atoms with Gasteiger partial charge in [0.2, 0.25) is 0 Å². The minimum Gasteiger partial charge on any atom is -0.466 e. The summed E-state index contributed by atoms with van der Waals surface area (Å²) in [6.07, 6.45) is 0. The summed E-state index contributed by atoms with van der Waals surface area (Å²) in [7, 11) is 0. The second kappa shape index (κ2) is 4.23. The molecular weight excluding hydrogens is 295 g/mol. The maximum absolute atomic E-state index is 11.7. The number of halogens is 3. The lowest BCUT2D eigenvalue weighted by Crippen LogP contribution is -2.59. The zero-order valence-corrected chi connectivity index (χ0v) is 11.4. The van der Waals surface area contributed by atoms with Crippen molar-refractivity contribution in [1.29, 1.82) is 0 Å². The summed E-state index contributed by atoms with van der Waals surface area (Å²) < 4.78 is 2.99. The first-order chi connectivity index (χ1) is 7.41. The van der Waals surface area contributed by atoms with Gasteiger partial charge in [-0.1, -0.05) is 23.2 Å². The van der Waals surface area contributed by atoms with Crippen LogP contribution in [0, 0.1) is 11.8 Å². The SMILES string of the molecule is CCOC(=O)[C@@H]1[C@H]2C(=O)C(Cl)(Cl)[C@H]2S[C@H]1Cl. The number of esters is 1. The third-order valence-corrected chi connectivity index (χ3v) is 5.99. The molecule has 4 atom stereocenters. The summed E-state index contributed by atoms with van der Waals surface area (Å²) in [5.41, 5.74) is 0. The van der Waals surface area contributed by atoms with Crippen LogP contribution in [-0.4, -0.2) is 32.7 Å². The van der Waals surface area contributed by atoms with Gasteiger partial charge in [0.05, 0.1) is 28.4 Å². The fourth-order valence-corrected chi connectivity index (χ4v) is 4.93. The fourth-order valence-electron chi connectivity index (χ4n) is 2.03. The topological polar surface area (TPSA) is 43.4 Å². The van der Waals surface area contributed by atoms with Gasteiger partial charge in [0.15, 0.2) is 10.1 Å². The zero-order valence-electron chi connectivity index (χ0n) is 8.28. The largest absolute Gasteiger partial charge is 0.466 e. The monoisotopic (exact) mass is 302 g/mol. The Hall–Kier alpha value is 0.360. The highest BCUT2D eigenvalue weighted by Gasteiger charge is 2.70. The van der Waals surface area contributed by atoms with Crippen molar-refractivity contribution in [3.05, 3.63) is 0 Å². The Bertz CT molecular complexity index is 347. The summed E-state index contributed by atoms with van der Waals surface area (Å²) in [6.45, 7) is 1.97. The highest BCUT2D eigenvalue weighted by Crippen LogP contribution is 2.61. The van der Waals surface area contributed by atoms with E-state index in [1.54, 1.807) is 6.92 Å². The summed E-state index contributed by atoms with van der Waals surface area (Å²) in [4.78, 5) is 23.3. The van der Waals surface area contributed by atoms with Gasteiger partial charge in [0.1, 0.15) is 0 Å². The molecule has 7 heteroatoms. The Kier molecular flexibility index (Phi) is 3.39. The van der Waals surface area contributed by atoms with E-state index in [1.165, 1.54) is 11.8 Å². The van der Waals surface area contributed by atoms with Crippen molar-refractivity contribution in [2.45, 2.75) is 21.2 Å². The fraction of sp³-hybridized carbons (Fsp3) is 0.778. The number of carbonyl (C=O) groups excluding carboxylic acids is 2. The molecule has 0 aromatic heterocycles. The molecule has 1 heterocycles. The van der Waals surface area contributed by atoms with Crippen LogP contribution in [-0.2, 0) is 14.3 Å². The number of Topliss-reactive ketones (excluding diaryl/α,β-unsaturated/α-hetero) is 1. The van der Waals surface area contributed by atoms with E-state index in [0.717, 1.165) is 0 Å².